The second-order valence-electron chi connectivity index (χ2n) is 6.48. The summed E-state index contributed by atoms with van der Waals surface area (Å²) in [7, 11) is 1.63. The van der Waals surface area contributed by atoms with E-state index in [2.05, 4.69) is 16.4 Å². The number of fused-ring (bicyclic) bond motifs is 1. The van der Waals surface area contributed by atoms with E-state index >= 15 is 0 Å². The van der Waals surface area contributed by atoms with Gasteiger partial charge in [0, 0.05) is 19.2 Å². The third kappa shape index (κ3) is 3.55. The van der Waals surface area contributed by atoms with Crippen molar-refractivity contribution in [2.24, 2.45) is 4.99 Å². The van der Waals surface area contributed by atoms with Gasteiger partial charge in [0.1, 0.15) is 24.0 Å². The van der Waals surface area contributed by atoms with E-state index in [0.717, 1.165) is 46.4 Å². The van der Waals surface area contributed by atoms with Gasteiger partial charge in [0.2, 0.25) is 0 Å². The largest absolute Gasteiger partial charge is 0.490 e. The molecule has 4 nitrogen and oxygen atoms in total. The molecular formula is C22H20ClFN2O2. The zero-order valence-electron chi connectivity index (χ0n) is 15.5. The monoisotopic (exact) mass is 398 g/mol. The smallest absolute Gasteiger partial charge is 0.141 e. The molecule has 0 amide bonds. The fourth-order valence-electron chi connectivity index (χ4n) is 3.40. The summed E-state index contributed by atoms with van der Waals surface area (Å²) in [6.45, 7) is 2.35. The summed E-state index contributed by atoms with van der Waals surface area (Å²) in [5.74, 6) is 1.04. The first-order chi connectivity index (χ1) is 13.7. The fraction of sp³-hybridized carbons (Fsp3) is 0.227. The van der Waals surface area contributed by atoms with Crippen molar-refractivity contribution in [3.63, 3.8) is 0 Å². The van der Waals surface area contributed by atoms with Crippen LogP contribution in [0.1, 0.15) is 5.56 Å². The van der Waals surface area contributed by atoms with Crippen LogP contribution >= 0.6 is 11.6 Å². The molecule has 0 spiro atoms. The highest BCUT2D eigenvalue weighted by molar-refractivity contribution is 6.31. The van der Waals surface area contributed by atoms with Crippen molar-refractivity contribution in [1.29, 1.82) is 0 Å². The van der Waals surface area contributed by atoms with Gasteiger partial charge < -0.3 is 14.8 Å². The number of ether oxygens (including phenoxy) is 2. The number of halogens is 2. The highest BCUT2D eigenvalue weighted by Gasteiger charge is 2.22. The molecule has 28 heavy (non-hydrogen) atoms. The Hall–Kier alpha value is -2.63. The number of nitrogens with one attached hydrogen (secondary N) is 1. The zero-order valence-corrected chi connectivity index (χ0v) is 16.2. The number of nitrogens with zero attached hydrogens (tertiary/aromatic N) is 1. The van der Waals surface area contributed by atoms with Gasteiger partial charge in [0.15, 0.2) is 0 Å². The predicted octanol–water partition coefficient (Wildman–Crippen LogP) is 4.67. The molecule has 1 aliphatic rings. The van der Waals surface area contributed by atoms with E-state index in [9.17, 15) is 4.39 Å². The molecule has 0 fully saturated rings. The Morgan fingerprint density at radius 2 is 2.00 bits per heavy atom. The first kappa shape index (κ1) is 18.7. The van der Waals surface area contributed by atoms with Crippen LogP contribution in [0.25, 0.3) is 21.9 Å². The Balaban J connectivity index is 2.00. The van der Waals surface area contributed by atoms with Crippen LogP contribution < -0.4 is 10.1 Å². The maximum absolute atomic E-state index is 13.8. The normalized spacial score (nSPS) is 13.5. The van der Waals surface area contributed by atoms with E-state index in [1.54, 1.807) is 19.2 Å². The van der Waals surface area contributed by atoms with Crippen LogP contribution in [-0.4, -0.2) is 39.2 Å². The lowest BCUT2D eigenvalue weighted by atomic mass is 9.93. The quantitative estimate of drug-likeness (QED) is 0.613. The van der Waals surface area contributed by atoms with Crippen LogP contribution in [0.2, 0.25) is 5.02 Å². The molecule has 3 aromatic rings. The van der Waals surface area contributed by atoms with Crippen LogP contribution in [0.5, 0.6) is 5.75 Å². The SMILES string of the molecule is COCCOc1c(C2=NCCN2)cc2ccccc2c1-c1ccc(F)c(Cl)c1. The zero-order chi connectivity index (χ0) is 19.5. The Kier molecular flexibility index (Phi) is 5.46. The standard InChI is InChI=1S/C22H20ClFN2O2/c1-27-10-11-28-21-17(22-25-8-9-26-22)12-14-4-2-3-5-16(14)20(21)15-6-7-19(24)18(23)13-15/h2-7,12-13H,8-11H2,1H3,(H,25,26). The summed E-state index contributed by atoms with van der Waals surface area (Å²) in [6.07, 6.45) is 0. The summed E-state index contributed by atoms with van der Waals surface area (Å²) in [5.41, 5.74) is 2.53. The number of benzene rings is 3. The Morgan fingerprint density at radius 3 is 2.75 bits per heavy atom. The average Bonchev–Trinajstić information content (AvgIpc) is 3.24. The van der Waals surface area contributed by atoms with Crippen molar-refractivity contribution >= 4 is 28.2 Å². The van der Waals surface area contributed by atoms with Gasteiger partial charge in [-0.3, -0.25) is 4.99 Å². The van der Waals surface area contributed by atoms with Crippen molar-refractivity contribution in [3.8, 4) is 16.9 Å². The van der Waals surface area contributed by atoms with Crippen LogP contribution in [0.4, 0.5) is 4.39 Å². The molecule has 0 unspecified atom stereocenters. The topological polar surface area (TPSA) is 42.9 Å². The molecule has 0 saturated heterocycles. The molecule has 0 saturated carbocycles. The van der Waals surface area contributed by atoms with Gasteiger partial charge in [-0.1, -0.05) is 41.9 Å². The minimum absolute atomic E-state index is 0.0751. The van der Waals surface area contributed by atoms with E-state index < -0.39 is 5.82 Å². The van der Waals surface area contributed by atoms with Crippen molar-refractivity contribution in [3.05, 3.63) is 64.9 Å². The number of hydrogen-bond donors (Lipinski definition) is 1. The van der Waals surface area contributed by atoms with E-state index in [-0.39, 0.29) is 5.02 Å². The molecule has 1 aliphatic heterocycles. The number of amidine groups is 1. The molecule has 0 aliphatic carbocycles. The molecule has 1 heterocycles. The van der Waals surface area contributed by atoms with Gasteiger partial charge in [-0.2, -0.15) is 0 Å². The Labute approximate surface area is 167 Å². The maximum atomic E-state index is 13.8. The molecule has 1 N–H and O–H groups in total. The van der Waals surface area contributed by atoms with Crippen LogP contribution in [-0.2, 0) is 4.74 Å². The van der Waals surface area contributed by atoms with E-state index in [4.69, 9.17) is 21.1 Å². The Morgan fingerprint density at radius 1 is 1.14 bits per heavy atom. The summed E-state index contributed by atoms with van der Waals surface area (Å²) in [5, 5.41) is 5.44. The average molecular weight is 399 g/mol. The lowest BCUT2D eigenvalue weighted by Crippen LogP contribution is -2.21. The lowest BCUT2D eigenvalue weighted by molar-refractivity contribution is 0.146. The molecule has 6 heteroatoms. The van der Waals surface area contributed by atoms with Crippen molar-refractivity contribution < 1.29 is 13.9 Å². The maximum Gasteiger partial charge on any atom is 0.141 e. The van der Waals surface area contributed by atoms with Crippen LogP contribution in [0, 0.1) is 5.82 Å². The fourth-order valence-corrected chi connectivity index (χ4v) is 3.58. The van der Waals surface area contributed by atoms with Gasteiger partial charge in [0.25, 0.3) is 0 Å². The number of methoxy groups -OCH3 is 1. The van der Waals surface area contributed by atoms with Gasteiger partial charge in [-0.15, -0.1) is 0 Å². The van der Waals surface area contributed by atoms with Crippen molar-refractivity contribution in [2.45, 2.75) is 0 Å². The second kappa shape index (κ2) is 8.17. The Bertz CT molecular complexity index is 1050. The predicted molar refractivity (Wildman–Crippen MR) is 111 cm³/mol. The van der Waals surface area contributed by atoms with Gasteiger partial charge in [-0.25, -0.2) is 4.39 Å². The third-order valence-corrected chi connectivity index (χ3v) is 4.96. The highest BCUT2D eigenvalue weighted by atomic mass is 35.5. The van der Waals surface area contributed by atoms with Gasteiger partial charge in [0.05, 0.1) is 23.7 Å². The molecule has 4 rings (SSSR count). The summed E-state index contributed by atoms with van der Waals surface area (Å²) in [4.78, 5) is 4.58. The minimum atomic E-state index is -0.449. The van der Waals surface area contributed by atoms with E-state index in [1.165, 1.54) is 6.07 Å². The van der Waals surface area contributed by atoms with Crippen LogP contribution in [0.3, 0.4) is 0 Å². The third-order valence-electron chi connectivity index (χ3n) is 4.67. The summed E-state index contributed by atoms with van der Waals surface area (Å²) in [6, 6.07) is 14.8. The highest BCUT2D eigenvalue weighted by Crippen LogP contribution is 2.41. The van der Waals surface area contributed by atoms with Crippen LogP contribution in [0.15, 0.2) is 53.5 Å². The number of hydrogen-bond acceptors (Lipinski definition) is 4. The molecular weight excluding hydrogens is 379 g/mol. The number of rotatable bonds is 6. The lowest BCUT2D eigenvalue weighted by Gasteiger charge is -2.19. The van der Waals surface area contributed by atoms with Crippen molar-refractivity contribution in [2.75, 3.05) is 33.4 Å². The number of aliphatic imine (C=N–C) groups is 1. The van der Waals surface area contributed by atoms with E-state index in [0.29, 0.717) is 19.0 Å². The first-order valence-electron chi connectivity index (χ1n) is 9.10. The van der Waals surface area contributed by atoms with Crippen molar-refractivity contribution in [1.82, 2.24) is 5.32 Å². The van der Waals surface area contributed by atoms with Gasteiger partial charge >= 0.3 is 0 Å². The molecule has 0 atom stereocenters. The summed E-state index contributed by atoms with van der Waals surface area (Å²) < 4.78 is 25.1. The molecule has 0 bridgehead atoms. The summed E-state index contributed by atoms with van der Waals surface area (Å²) >= 11 is 6.09. The molecule has 3 aromatic carbocycles. The first-order valence-corrected chi connectivity index (χ1v) is 9.48. The molecule has 144 valence electrons. The molecule has 0 radical (unpaired) electrons. The minimum Gasteiger partial charge on any atom is -0.490 e. The second-order valence-corrected chi connectivity index (χ2v) is 6.88. The van der Waals surface area contributed by atoms with E-state index in [1.807, 2.05) is 24.3 Å². The van der Waals surface area contributed by atoms with Gasteiger partial charge in [-0.05, 0) is 34.5 Å². The molecule has 0 aromatic heterocycles.